The van der Waals surface area contributed by atoms with Crippen LogP contribution in [-0.2, 0) is 6.42 Å². The Labute approximate surface area is 186 Å². The van der Waals surface area contributed by atoms with Crippen LogP contribution in [0.1, 0.15) is 64.8 Å². The molecule has 3 heterocycles. The lowest BCUT2D eigenvalue weighted by atomic mass is 10.0. The number of oxazole rings is 1. The highest BCUT2D eigenvalue weighted by Gasteiger charge is 2.33. The molecule has 8 heteroatoms. The number of rotatable bonds is 7. The summed E-state index contributed by atoms with van der Waals surface area (Å²) in [6.45, 7) is 5.38. The summed E-state index contributed by atoms with van der Waals surface area (Å²) in [5.41, 5.74) is 1.86. The Morgan fingerprint density at radius 1 is 1.39 bits per heavy atom. The summed E-state index contributed by atoms with van der Waals surface area (Å²) in [5, 5.41) is 3.99. The summed E-state index contributed by atoms with van der Waals surface area (Å²) in [4.78, 5) is 25.0. The average molecular weight is 441 g/mol. The Morgan fingerprint density at radius 2 is 2.26 bits per heavy atom. The lowest BCUT2D eigenvalue weighted by molar-refractivity contribution is 0.0574. The number of hydrogen-bond acceptors (Lipinski definition) is 7. The molecule has 0 radical (unpaired) electrons. The van der Waals surface area contributed by atoms with E-state index in [1.165, 1.54) is 11.3 Å². The highest BCUT2D eigenvalue weighted by Crippen LogP contribution is 2.34. The molecular formula is C23H28N4O3S. The molecule has 0 saturated carbocycles. The minimum absolute atomic E-state index is 0.0106. The summed E-state index contributed by atoms with van der Waals surface area (Å²) >= 11 is 1.42. The van der Waals surface area contributed by atoms with Crippen molar-refractivity contribution in [1.29, 1.82) is 0 Å². The highest BCUT2D eigenvalue weighted by molar-refractivity contribution is 7.17. The van der Waals surface area contributed by atoms with E-state index >= 15 is 0 Å². The minimum Gasteiger partial charge on any atom is -0.497 e. The van der Waals surface area contributed by atoms with E-state index in [1.54, 1.807) is 13.3 Å². The van der Waals surface area contributed by atoms with Crippen molar-refractivity contribution in [2.24, 2.45) is 0 Å². The first kappa shape index (κ1) is 21.4. The molecule has 31 heavy (non-hydrogen) atoms. The van der Waals surface area contributed by atoms with Gasteiger partial charge in [0.05, 0.1) is 19.0 Å². The smallest absolute Gasteiger partial charge is 0.266 e. The number of hydrogen-bond donors (Lipinski definition) is 1. The number of nitrogens with one attached hydrogen (secondary N) is 1. The lowest BCUT2D eigenvalue weighted by Gasteiger charge is -2.33. The van der Waals surface area contributed by atoms with E-state index in [2.05, 4.69) is 15.3 Å². The van der Waals surface area contributed by atoms with Gasteiger partial charge in [-0.25, -0.2) is 9.97 Å². The van der Waals surface area contributed by atoms with E-state index in [0.717, 1.165) is 53.7 Å². The van der Waals surface area contributed by atoms with Gasteiger partial charge in [-0.1, -0.05) is 23.5 Å². The van der Waals surface area contributed by atoms with Crippen molar-refractivity contribution in [3.8, 4) is 5.75 Å². The number of carbonyl (C=O) groups excluding carboxylic acids is 1. The number of aryl methyl sites for hydroxylation is 1. The number of thiazole rings is 1. The zero-order valence-corrected chi connectivity index (χ0v) is 19.0. The molecule has 1 aliphatic rings. The number of methoxy groups -OCH3 is 1. The molecule has 4 rings (SSSR count). The second-order valence-corrected chi connectivity index (χ2v) is 8.67. The fourth-order valence-corrected chi connectivity index (χ4v) is 4.92. The molecule has 0 spiro atoms. The first-order chi connectivity index (χ1) is 15.1. The number of ether oxygens (including phenoxy) is 1. The fourth-order valence-electron chi connectivity index (χ4n) is 3.93. The highest BCUT2D eigenvalue weighted by atomic mass is 32.1. The number of benzene rings is 1. The Hall–Kier alpha value is -2.87. The van der Waals surface area contributed by atoms with Gasteiger partial charge in [-0.15, -0.1) is 0 Å². The zero-order chi connectivity index (χ0) is 21.8. The van der Waals surface area contributed by atoms with Crippen molar-refractivity contribution >= 4 is 22.4 Å². The van der Waals surface area contributed by atoms with Crippen molar-refractivity contribution in [1.82, 2.24) is 14.9 Å². The normalized spacial score (nSPS) is 16.4. The SMILES string of the molecule is CCNc1nc(C)c(C(=O)N2CCCC[C@@H]2c2ncc(Cc3cccc(OC)c3)o2)s1. The number of likely N-dealkylation sites (tertiary alicyclic amines) is 1. The minimum atomic E-state index is -0.149. The van der Waals surface area contributed by atoms with Gasteiger partial charge in [-0.2, -0.15) is 0 Å². The molecule has 2 aromatic heterocycles. The molecule has 0 aliphatic carbocycles. The first-order valence-electron chi connectivity index (χ1n) is 10.7. The van der Waals surface area contributed by atoms with Crippen LogP contribution in [-0.4, -0.2) is 41.0 Å². The van der Waals surface area contributed by atoms with Gasteiger partial charge in [0.1, 0.15) is 22.4 Å². The maximum Gasteiger partial charge on any atom is 0.266 e. The molecule has 0 unspecified atom stereocenters. The second kappa shape index (κ2) is 9.51. The summed E-state index contributed by atoms with van der Waals surface area (Å²) in [6, 6.07) is 7.77. The summed E-state index contributed by atoms with van der Waals surface area (Å²) in [5.74, 6) is 2.22. The van der Waals surface area contributed by atoms with Crippen LogP contribution in [0.25, 0.3) is 0 Å². The predicted molar refractivity (Wildman–Crippen MR) is 121 cm³/mol. The van der Waals surface area contributed by atoms with Gasteiger partial charge in [0.2, 0.25) is 5.89 Å². The van der Waals surface area contributed by atoms with Gasteiger partial charge in [0, 0.05) is 19.5 Å². The molecular weight excluding hydrogens is 412 g/mol. The van der Waals surface area contributed by atoms with Gasteiger partial charge in [0.15, 0.2) is 5.13 Å². The van der Waals surface area contributed by atoms with Crippen molar-refractivity contribution < 1.29 is 13.9 Å². The third-order valence-corrected chi connectivity index (χ3v) is 6.55. The first-order valence-corrected chi connectivity index (χ1v) is 11.5. The van der Waals surface area contributed by atoms with Crippen molar-refractivity contribution in [3.05, 3.63) is 58.2 Å². The van der Waals surface area contributed by atoms with Crippen LogP contribution in [0.4, 0.5) is 5.13 Å². The standard InChI is InChI=1S/C23H28N4O3S/c1-4-24-23-26-15(2)20(31-23)22(28)27-11-6-5-10-19(27)21-25-14-18(30-21)13-16-8-7-9-17(12-16)29-3/h7-9,12,14,19H,4-6,10-11,13H2,1-3H3,(H,24,26)/t19-/m1/s1. The molecule has 1 amide bonds. The van der Waals surface area contributed by atoms with Crippen LogP contribution >= 0.6 is 11.3 Å². The molecule has 1 aromatic carbocycles. The Bertz CT molecular complexity index is 1050. The van der Waals surface area contributed by atoms with Crippen molar-refractivity contribution in [2.75, 3.05) is 25.5 Å². The number of anilines is 1. The quantitative estimate of drug-likeness (QED) is 0.566. The number of amides is 1. The van der Waals surface area contributed by atoms with Gasteiger partial charge in [-0.05, 0) is 50.8 Å². The summed E-state index contributed by atoms with van der Waals surface area (Å²) in [6.07, 6.45) is 5.28. The number of piperidine rings is 1. The topological polar surface area (TPSA) is 80.5 Å². The Kier molecular flexibility index (Phi) is 6.56. The fraction of sp³-hybridized carbons (Fsp3) is 0.435. The largest absolute Gasteiger partial charge is 0.497 e. The molecule has 1 fully saturated rings. The van der Waals surface area contributed by atoms with E-state index in [0.29, 0.717) is 23.7 Å². The van der Waals surface area contributed by atoms with E-state index in [1.807, 2.05) is 43.0 Å². The van der Waals surface area contributed by atoms with Gasteiger partial charge < -0.3 is 19.4 Å². The van der Waals surface area contributed by atoms with Crippen LogP contribution in [0, 0.1) is 6.92 Å². The number of carbonyl (C=O) groups is 1. The average Bonchev–Trinajstić information content (AvgIpc) is 3.40. The molecule has 7 nitrogen and oxygen atoms in total. The molecule has 1 atom stereocenters. The van der Waals surface area contributed by atoms with Crippen LogP contribution in [0.2, 0.25) is 0 Å². The van der Waals surface area contributed by atoms with Crippen LogP contribution < -0.4 is 10.1 Å². The molecule has 3 aromatic rings. The number of aromatic nitrogens is 2. The van der Waals surface area contributed by atoms with E-state index in [4.69, 9.17) is 9.15 Å². The van der Waals surface area contributed by atoms with E-state index in [9.17, 15) is 4.79 Å². The molecule has 1 N–H and O–H groups in total. The Morgan fingerprint density at radius 3 is 3.06 bits per heavy atom. The van der Waals surface area contributed by atoms with Crippen LogP contribution in [0.15, 0.2) is 34.9 Å². The van der Waals surface area contributed by atoms with Gasteiger partial charge in [-0.3, -0.25) is 4.79 Å². The predicted octanol–water partition coefficient (Wildman–Crippen LogP) is 4.84. The van der Waals surface area contributed by atoms with Crippen molar-refractivity contribution in [2.45, 2.75) is 45.6 Å². The summed E-state index contributed by atoms with van der Waals surface area (Å²) < 4.78 is 11.4. The van der Waals surface area contributed by atoms with Gasteiger partial charge >= 0.3 is 0 Å². The molecule has 1 aliphatic heterocycles. The summed E-state index contributed by atoms with van der Waals surface area (Å²) in [7, 11) is 1.66. The zero-order valence-electron chi connectivity index (χ0n) is 18.2. The third kappa shape index (κ3) is 4.74. The van der Waals surface area contributed by atoms with Crippen molar-refractivity contribution in [3.63, 3.8) is 0 Å². The maximum atomic E-state index is 13.4. The third-order valence-electron chi connectivity index (χ3n) is 5.45. The van der Waals surface area contributed by atoms with Gasteiger partial charge in [0.25, 0.3) is 5.91 Å². The lowest BCUT2D eigenvalue weighted by Crippen LogP contribution is -2.38. The number of nitrogens with zero attached hydrogens (tertiary/aromatic N) is 3. The maximum absolute atomic E-state index is 13.4. The van der Waals surface area contributed by atoms with Crippen LogP contribution in [0.3, 0.4) is 0 Å². The molecule has 164 valence electrons. The van der Waals surface area contributed by atoms with E-state index < -0.39 is 0 Å². The molecule has 1 saturated heterocycles. The Balaban J connectivity index is 1.53. The van der Waals surface area contributed by atoms with E-state index in [-0.39, 0.29) is 11.9 Å². The van der Waals surface area contributed by atoms with Crippen LogP contribution in [0.5, 0.6) is 5.75 Å². The monoisotopic (exact) mass is 440 g/mol. The molecule has 0 bridgehead atoms. The second-order valence-electron chi connectivity index (χ2n) is 7.67.